The number of rotatable bonds is 3. The molecule has 19 heavy (non-hydrogen) atoms. The molecule has 0 fully saturated rings. The number of hydrogen-bond donors (Lipinski definition) is 1. The van der Waals surface area contributed by atoms with Crippen LogP contribution < -0.4 is 5.73 Å². The molecule has 2 N–H and O–H groups in total. The maximum Gasteiger partial charge on any atom is 0.150 e. The highest BCUT2D eigenvalue weighted by molar-refractivity contribution is 8.00. The van der Waals surface area contributed by atoms with Gasteiger partial charge in [0.2, 0.25) is 0 Å². The van der Waals surface area contributed by atoms with E-state index >= 15 is 0 Å². The molecule has 0 spiro atoms. The zero-order valence-corrected chi connectivity index (χ0v) is 12.1. The maximum absolute atomic E-state index is 13.5. The molecule has 0 bridgehead atoms. The van der Waals surface area contributed by atoms with Gasteiger partial charge in [0.05, 0.1) is 6.54 Å². The molecule has 0 aliphatic rings. The van der Waals surface area contributed by atoms with E-state index in [0.717, 1.165) is 15.6 Å². The Bertz CT molecular complexity index is 626. The molecular formula is C14H13FN2S2. The fourth-order valence-corrected chi connectivity index (χ4v) is 3.28. The number of hydrogen-bond acceptors (Lipinski definition) is 4. The van der Waals surface area contributed by atoms with Crippen LogP contribution in [0.5, 0.6) is 0 Å². The van der Waals surface area contributed by atoms with E-state index in [9.17, 15) is 4.39 Å². The minimum Gasteiger partial charge on any atom is -0.320 e. The first-order valence-corrected chi connectivity index (χ1v) is 7.57. The molecular weight excluding hydrogens is 279 g/mol. The number of halogens is 1. The predicted octanol–water partition coefficient (Wildman–Crippen LogP) is 3.19. The van der Waals surface area contributed by atoms with Crippen molar-refractivity contribution in [3.63, 3.8) is 0 Å². The number of thiazole rings is 1. The average Bonchev–Trinajstić information content (AvgIpc) is 2.79. The van der Waals surface area contributed by atoms with Gasteiger partial charge in [-0.3, -0.25) is 0 Å². The summed E-state index contributed by atoms with van der Waals surface area (Å²) < 4.78 is 14.5. The van der Waals surface area contributed by atoms with Crippen LogP contribution in [0.25, 0.3) is 0 Å². The average molecular weight is 292 g/mol. The van der Waals surface area contributed by atoms with Crippen molar-refractivity contribution in [1.82, 2.24) is 4.98 Å². The van der Waals surface area contributed by atoms with Crippen molar-refractivity contribution in [1.29, 1.82) is 0 Å². The molecule has 1 aromatic carbocycles. The fraction of sp³-hybridized carbons (Fsp3) is 0.214. The monoisotopic (exact) mass is 292 g/mol. The SMILES string of the molecule is Cc1csc(SCc2cc(F)cc(C#CCN)c2)n1. The lowest BCUT2D eigenvalue weighted by atomic mass is 10.1. The lowest BCUT2D eigenvalue weighted by molar-refractivity contribution is 0.626. The molecule has 0 saturated heterocycles. The van der Waals surface area contributed by atoms with Crippen molar-refractivity contribution in [3.8, 4) is 11.8 Å². The Balaban J connectivity index is 2.09. The first kappa shape index (κ1) is 14.1. The van der Waals surface area contributed by atoms with Crippen LogP contribution in [0, 0.1) is 24.6 Å². The van der Waals surface area contributed by atoms with Gasteiger partial charge in [-0.1, -0.05) is 23.6 Å². The van der Waals surface area contributed by atoms with Gasteiger partial charge >= 0.3 is 0 Å². The number of nitrogens with two attached hydrogens (primary N) is 1. The molecule has 2 aromatic rings. The summed E-state index contributed by atoms with van der Waals surface area (Å²) in [7, 11) is 0. The standard InChI is InChI=1S/C14H13FN2S2/c1-10-8-18-14(17-10)19-9-12-5-11(3-2-4-16)6-13(15)7-12/h5-8H,4,9,16H2,1H3. The van der Waals surface area contributed by atoms with Crippen molar-refractivity contribution >= 4 is 23.1 Å². The molecule has 2 rings (SSSR count). The normalized spacial score (nSPS) is 10.1. The van der Waals surface area contributed by atoms with E-state index in [1.54, 1.807) is 23.1 Å². The molecule has 0 saturated carbocycles. The molecule has 98 valence electrons. The van der Waals surface area contributed by atoms with E-state index in [2.05, 4.69) is 16.8 Å². The lowest BCUT2D eigenvalue weighted by Gasteiger charge is -2.01. The van der Waals surface area contributed by atoms with Crippen LogP contribution in [0.4, 0.5) is 4.39 Å². The largest absolute Gasteiger partial charge is 0.320 e. The Hall–Kier alpha value is -1.35. The first-order valence-electron chi connectivity index (χ1n) is 5.70. The van der Waals surface area contributed by atoms with E-state index < -0.39 is 0 Å². The highest BCUT2D eigenvalue weighted by Crippen LogP contribution is 2.26. The van der Waals surface area contributed by atoms with Crippen LogP contribution >= 0.6 is 23.1 Å². The third-order valence-electron chi connectivity index (χ3n) is 2.25. The van der Waals surface area contributed by atoms with Crippen LogP contribution in [0.15, 0.2) is 27.9 Å². The molecule has 0 amide bonds. The highest BCUT2D eigenvalue weighted by atomic mass is 32.2. The van der Waals surface area contributed by atoms with Crippen LogP contribution in [0.3, 0.4) is 0 Å². The predicted molar refractivity (Wildman–Crippen MR) is 78.7 cm³/mol. The molecule has 0 aliphatic heterocycles. The van der Waals surface area contributed by atoms with Gasteiger partial charge in [-0.05, 0) is 30.7 Å². The third-order valence-corrected chi connectivity index (χ3v) is 4.46. The van der Waals surface area contributed by atoms with Gasteiger partial charge in [0.25, 0.3) is 0 Å². The smallest absolute Gasteiger partial charge is 0.150 e. The molecule has 0 unspecified atom stereocenters. The topological polar surface area (TPSA) is 38.9 Å². The minimum atomic E-state index is -0.269. The van der Waals surface area contributed by atoms with Crippen molar-refractivity contribution in [2.45, 2.75) is 17.0 Å². The van der Waals surface area contributed by atoms with Crippen LogP contribution in [0.2, 0.25) is 0 Å². The maximum atomic E-state index is 13.5. The second-order valence-electron chi connectivity index (χ2n) is 3.90. The fourth-order valence-electron chi connectivity index (χ4n) is 1.50. The first-order chi connectivity index (χ1) is 9.17. The Labute approximate surface area is 120 Å². The number of aromatic nitrogens is 1. The van der Waals surface area contributed by atoms with E-state index in [-0.39, 0.29) is 12.4 Å². The second-order valence-corrected chi connectivity index (χ2v) is 5.98. The number of thioether (sulfide) groups is 1. The van der Waals surface area contributed by atoms with Gasteiger partial charge in [0.15, 0.2) is 0 Å². The molecule has 0 aliphatic carbocycles. The number of benzene rings is 1. The van der Waals surface area contributed by atoms with E-state index in [0.29, 0.717) is 11.3 Å². The van der Waals surface area contributed by atoms with Crippen LogP contribution in [-0.2, 0) is 5.75 Å². The van der Waals surface area contributed by atoms with Crippen LogP contribution in [0.1, 0.15) is 16.8 Å². The molecule has 5 heteroatoms. The van der Waals surface area contributed by atoms with E-state index in [1.165, 1.54) is 12.1 Å². The zero-order valence-electron chi connectivity index (χ0n) is 10.4. The Morgan fingerprint density at radius 2 is 2.26 bits per heavy atom. The molecule has 1 heterocycles. The zero-order chi connectivity index (χ0) is 13.7. The Morgan fingerprint density at radius 1 is 1.42 bits per heavy atom. The van der Waals surface area contributed by atoms with Gasteiger partial charge in [0, 0.05) is 22.4 Å². The van der Waals surface area contributed by atoms with Crippen LogP contribution in [-0.4, -0.2) is 11.5 Å². The van der Waals surface area contributed by atoms with E-state index in [4.69, 9.17) is 5.73 Å². The van der Waals surface area contributed by atoms with Gasteiger partial charge in [-0.2, -0.15) is 0 Å². The molecule has 2 nitrogen and oxygen atoms in total. The summed E-state index contributed by atoms with van der Waals surface area (Å²) in [6, 6.07) is 4.84. The highest BCUT2D eigenvalue weighted by Gasteiger charge is 2.03. The lowest BCUT2D eigenvalue weighted by Crippen LogP contribution is -1.93. The van der Waals surface area contributed by atoms with Gasteiger partial charge in [0.1, 0.15) is 10.2 Å². The van der Waals surface area contributed by atoms with Crippen molar-refractivity contribution in [2.75, 3.05) is 6.54 Å². The Morgan fingerprint density at radius 3 is 2.95 bits per heavy atom. The summed E-state index contributed by atoms with van der Waals surface area (Å²) in [6.45, 7) is 2.24. The molecule has 0 radical (unpaired) electrons. The summed E-state index contributed by atoms with van der Waals surface area (Å²) in [5.74, 6) is 5.99. The molecule has 1 aromatic heterocycles. The molecule has 0 atom stereocenters. The van der Waals surface area contributed by atoms with Crippen molar-refractivity contribution in [2.24, 2.45) is 5.73 Å². The van der Waals surface area contributed by atoms with Gasteiger partial charge in [-0.15, -0.1) is 11.3 Å². The van der Waals surface area contributed by atoms with Gasteiger partial charge < -0.3 is 5.73 Å². The summed E-state index contributed by atoms with van der Waals surface area (Å²) in [5, 5.41) is 2.01. The summed E-state index contributed by atoms with van der Waals surface area (Å²) >= 11 is 3.21. The van der Waals surface area contributed by atoms with Crippen molar-refractivity contribution < 1.29 is 4.39 Å². The third kappa shape index (κ3) is 4.35. The summed E-state index contributed by atoms with van der Waals surface area (Å²) in [4.78, 5) is 4.36. The number of aryl methyl sites for hydroxylation is 1. The minimum absolute atomic E-state index is 0.269. The van der Waals surface area contributed by atoms with Gasteiger partial charge in [-0.25, -0.2) is 9.37 Å². The summed E-state index contributed by atoms with van der Waals surface area (Å²) in [5.41, 5.74) is 7.89. The Kier molecular flexibility index (Phi) is 4.97. The van der Waals surface area contributed by atoms with E-state index in [1.807, 2.05) is 18.4 Å². The second kappa shape index (κ2) is 6.71. The number of nitrogens with zero attached hydrogens (tertiary/aromatic N) is 1. The van der Waals surface area contributed by atoms with Crippen molar-refractivity contribution in [3.05, 3.63) is 46.2 Å². The summed E-state index contributed by atoms with van der Waals surface area (Å²) in [6.07, 6.45) is 0. The quantitative estimate of drug-likeness (QED) is 0.697.